The fraction of sp³-hybridized carbons (Fsp3) is 0.393. The second-order valence-electron chi connectivity index (χ2n) is 9.85. The maximum atomic E-state index is 8.60. The summed E-state index contributed by atoms with van der Waals surface area (Å²) in [5, 5.41) is 0. The number of hydrogen-bond donors (Lipinski definition) is 0. The molecular formula is C28H35N. The van der Waals surface area contributed by atoms with Crippen LogP contribution >= 0.6 is 0 Å². The Labute approximate surface area is 184 Å². The van der Waals surface area contributed by atoms with Crippen LogP contribution in [-0.2, 0) is 11.8 Å². The summed E-state index contributed by atoms with van der Waals surface area (Å²) in [5.41, 5.74) is 5.31. The van der Waals surface area contributed by atoms with Gasteiger partial charge in [0.15, 0.2) is 0 Å². The normalized spacial score (nSPS) is 15.8. The van der Waals surface area contributed by atoms with Crippen LogP contribution in [0.3, 0.4) is 0 Å². The number of hydrogen-bond acceptors (Lipinski definition) is 1. The quantitative estimate of drug-likeness (QED) is 0.442. The lowest BCUT2D eigenvalue weighted by molar-refractivity contribution is 0.410. The molecule has 29 heavy (non-hydrogen) atoms. The molecule has 0 aliphatic rings. The monoisotopic (exact) mass is 390 g/mol. The van der Waals surface area contributed by atoms with Crippen molar-refractivity contribution in [2.45, 2.75) is 67.1 Å². The molecule has 2 aromatic carbocycles. The number of rotatable bonds is 3. The van der Waals surface area contributed by atoms with Crippen LogP contribution in [-0.4, -0.2) is 4.98 Å². The van der Waals surface area contributed by atoms with Crippen LogP contribution in [0.2, 0.25) is 0 Å². The Kier molecular flexibility index (Phi) is 4.14. The number of aromatic nitrogens is 1. The van der Waals surface area contributed by atoms with Crippen molar-refractivity contribution in [2.24, 2.45) is 5.41 Å². The van der Waals surface area contributed by atoms with E-state index in [1.807, 2.05) is 52.0 Å². The van der Waals surface area contributed by atoms with Crippen LogP contribution in [0.25, 0.3) is 22.4 Å². The van der Waals surface area contributed by atoms with Gasteiger partial charge >= 0.3 is 0 Å². The molecule has 0 spiro atoms. The molecular weight excluding hydrogens is 350 g/mol. The molecule has 0 saturated heterocycles. The zero-order chi connectivity index (χ0) is 25.7. The van der Waals surface area contributed by atoms with E-state index in [-0.39, 0.29) is 5.41 Å². The summed E-state index contributed by atoms with van der Waals surface area (Å²) in [6.07, 6.45) is 0.0824. The third-order valence-corrected chi connectivity index (χ3v) is 5.00. The van der Waals surface area contributed by atoms with Crippen LogP contribution in [0, 0.1) is 19.2 Å². The highest BCUT2D eigenvalue weighted by Crippen LogP contribution is 2.32. The minimum absolute atomic E-state index is 0.00834. The first-order valence-electron chi connectivity index (χ1n) is 12.7. The van der Waals surface area contributed by atoms with Gasteiger partial charge in [0.2, 0.25) is 0 Å². The summed E-state index contributed by atoms with van der Waals surface area (Å²) < 4.78 is 41.3. The van der Waals surface area contributed by atoms with Gasteiger partial charge in [-0.05, 0) is 76.5 Å². The summed E-state index contributed by atoms with van der Waals surface area (Å²) >= 11 is 0. The van der Waals surface area contributed by atoms with Gasteiger partial charge in [0.25, 0.3) is 0 Å². The number of aryl methyl sites for hydroxylation is 2. The van der Waals surface area contributed by atoms with Gasteiger partial charge in [0.1, 0.15) is 0 Å². The molecule has 0 saturated carbocycles. The average Bonchev–Trinajstić information content (AvgIpc) is 2.71. The van der Waals surface area contributed by atoms with Crippen molar-refractivity contribution in [1.82, 2.24) is 4.98 Å². The molecule has 0 amide bonds. The van der Waals surface area contributed by atoms with Gasteiger partial charge in [-0.1, -0.05) is 77.9 Å². The second kappa shape index (κ2) is 7.78. The minimum atomic E-state index is -2.24. The Morgan fingerprint density at radius 2 is 1.52 bits per heavy atom. The van der Waals surface area contributed by atoms with E-state index in [0.717, 1.165) is 16.7 Å². The maximum absolute atomic E-state index is 8.60. The summed E-state index contributed by atoms with van der Waals surface area (Å²) in [7, 11) is 0. The fourth-order valence-corrected chi connectivity index (χ4v) is 3.34. The van der Waals surface area contributed by atoms with E-state index >= 15 is 0 Å². The summed E-state index contributed by atoms with van der Waals surface area (Å²) in [4.78, 5) is 4.58. The van der Waals surface area contributed by atoms with Gasteiger partial charge in [0, 0.05) is 18.6 Å². The van der Waals surface area contributed by atoms with Crippen molar-refractivity contribution in [3.63, 3.8) is 0 Å². The number of benzene rings is 2. The van der Waals surface area contributed by atoms with Crippen LogP contribution in [0.4, 0.5) is 0 Å². The Bertz CT molecular complexity index is 1180. The lowest BCUT2D eigenvalue weighted by Crippen LogP contribution is -2.10. The van der Waals surface area contributed by atoms with Gasteiger partial charge in [0.05, 0.1) is 5.69 Å². The smallest absolute Gasteiger partial charge is 0.0705 e. The zero-order valence-corrected chi connectivity index (χ0v) is 18.6. The number of pyridine rings is 1. The van der Waals surface area contributed by atoms with Crippen LogP contribution in [0.5, 0.6) is 0 Å². The van der Waals surface area contributed by atoms with Crippen molar-refractivity contribution >= 4 is 0 Å². The first kappa shape index (κ1) is 15.4. The van der Waals surface area contributed by atoms with Gasteiger partial charge < -0.3 is 0 Å². The minimum Gasteiger partial charge on any atom is -0.256 e. The van der Waals surface area contributed by atoms with E-state index in [4.69, 9.17) is 6.85 Å². The van der Waals surface area contributed by atoms with E-state index in [1.165, 1.54) is 5.56 Å². The lowest BCUT2D eigenvalue weighted by Gasteiger charge is -2.20. The van der Waals surface area contributed by atoms with Gasteiger partial charge in [-0.25, -0.2) is 0 Å². The largest absolute Gasteiger partial charge is 0.256 e. The van der Waals surface area contributed by atoms with Crippen molar-refractivity contribution in [3.05, 3.63) is 77.0 Å². The Morgan fingerprint density at radius 1 is 0.862 bits per heavy atom. The van der Waals surface area contributed by atoms with E-state index < -0.39 is 18.6 Å². The molecule has 0 atom stereocenters. The lowest BCUT2D eigenvalue weighted by atomic mass is 9.85. The number of nitrogens with zero attached hydrogens (tertiary/aromatic N) is 1. The zero-order valence-electron chi connectivity index (χ0n) is 23.6. The maximum Gasteiger partial charge on any atom is 0.0705 e. The highest BCUT2D eigenvalue weighted by atomic mass is 14.7. The third-order valence-electron chi connectivity index (χ3n) is 5.00. The molecule has 0 radical (unpaired) electrons. The van der Waals surface area contributed by atoms with Gasteiger partial charge in [-0.3, -0.25) is 4.98 Å². The molecule has 1 nitrogen and oxygen atoms in total. The van der Waals surface area contributed by atoms with Crippen molar-refractivity contribution < 1.29 is 6.85 Å². The third kappa shape index (κ3) is 5.15. The molecule has 0 bridgehead atoms. The van der Waals surface area contributed by atoms with E-state index in [2.05, 4.69) is 37.9 Å². The summed E-state index contributed by atoms with van der Waals surface area (Å²) in [5.74, 6) is 0. The molecule has 152 valence electrons. The second-order valence-corrected chi connectivity index (χ2v) is 9.85. The van der Waals surface area contributed by atoms with Crippen LogP contribution < -0.4 is 0 Å². The van der Waals surface area contributed by atoms with E-state index in [0.29, 0.717) is 22.4 Å². The van der Waals surface area contributed by atoms with Crippen molar-refractivity contribution in [3.8, 4) is 22.4 Å². The molecule has 3 aromatic rings. The predicted octanol–water partition coefficient (Wildman–Crippen LogP) is 7.92. The predicted molar refractivity (Wildman–Crippen MR) is 126 cm³/mol. The topological polar surface area (TPSA) is 12.9 Å². The molecule has 0 aliphatic carbocycles. The Hall–Kier alpha value is -2.41. The first-order chi connectivity index (χ1) is 15.4. The highest BCUT2D eigenvalue weighted by Gasteiger charge is 2.15. The first-order valence-corrected chi connectivity index (χ1v) is 10.2. The molecule has 1 heterocycles. The summed E-state index contributed by atoms with van der Waals surface area (Å²) in [6.45, 7) is 11.7. The van der Waals surface area contributed by atoms with Crippen LogP contribution in [0.15, 0.2) is 54.7 Å². The summed E-state index contributed by atoms with van der Waals surface area (Å²) in [6, 6.07) is 15.3. The Balaban J connectivity index is 2.12. The molecule has 0 fully saturated rings. The standard InChI is InChI=1S/C28H35N/c1-19-9-10-22(26-15-20(2)23(18-29-26)17-27(3,4)5)16-25(19)21-11-13-24(14-12-21)28(6,7)8/h9-16,18H,17H2,1-8H3/i1D3,17D2. The van der Waals surface area contributed by atoms with Gasteiger partial charge in [-0.15, -0.1) is 0 Å². The van der Waals surface area contributed by atoms with Crippen molar-refractivity contribution in [1.29, 1.82) is 0 Å². The molecule has 0 unspecified atom stereocenters. The van der Waals surface area contributed by atoms with Crippen molar-refractivity contribution in [2.75, 3.05) is 0 Å². The highest BCUT2D eigenvalue weighted by molar-refractivity contribution is 5.74. The van der Waals surface area contributed by atoms with Gasteiger partial charge in [-0.2, -0.15) is 0 Å². The fourth-order valence-electron chi connectivity index (χ4n) is 3.34. The molecule has 3 rings (SSSR count). The molecule has 1 aromatic heterocycles. The van der Waals surface area contributed by atoms with E-state index in [9.17, 15) is 0 Å². The molecule has 0 aliphatic heterocycles. The average molecular weight is 391 g/mol. The van der Waals surface area contributed by atoms with Crippen LogP contribution in [0.1, 0.15) is 70.7 Å². The van der Waals surface area contributed by atoms with E-state index in [1.54, 1.807) is 18.3 Å². The molecule has 0 N–H and O–H groups in total. The molecule has 1 heteroatoms. The Morgan fingerprint density at radius 3 is 2.07 bits per heavy atom. The SMILES string of the molecule is [2H]C([2H])([2H])c1ccc(-c2cc(C)c(C([2H])([2H])C(C)(C)C)cn2)cc1-c1ccc(C(C)(C)C)cc1.